The van der Waals surface area contributed by atoms with Crippen molar-refractivity contribution in [2.45, 2.75) is 84.1 Å². The Kier molecular flexibility index (Phi) is 10.1. The maximum atomic E-state index is 6.18. The molecule has 0 aromatic carbocycles. The van der Waals surface area contributed by atoms with Crippen LogP contribution in [0.25, 0.3) is 10.2 Å². The number of nitrogens with one attached hydrogen (secondary N) is 2. The summed E-state index contributed by atoms with van der Waals surface area (Å²) >= 11 is 8.01. The summed E-state index contributed by atoms with van der Waals surface area (Å²) in [6, 6.07) is 0.546. The van der Waals surface area contributed by atoms with Gasteiger partial charge in [0.1, 0.15) is 10.6 Å². The van der Waals surface area contributed by atoms with Crippen molar-refractivity contribution >= 4 is 39.0 Å². The summed E-state index contributed by atoms with van der Waals surface area (Å²) in [5.74, 6) is 0.987. The van der Waals surface area contributed by atoms with Gasteiger partial charge in [0.25, 0.3) is 0 Å². The summed E-state index contributed by atoms with van der Waals surface area (Å²) in [7, 11) is 0. The SMILES string of the molecule is C1COCCN1.CC.Clc1nc(NC2CCCCC2)c2c3c(sc2n1)CCCCC3. The molecule has 2 aliphatic carbocycles. The van der Waals surface area contributed by atoms with Crippen LogP contribution in [0.2, 0.25) is 5.28 Å². The summed E-state index contributed by atoms with van der Waals surface area (Å²) in [5.41, 5.74) is 1.49. The molecule has 0 atom stereocenters. The van der Waals surface area contributed by atoms with Crippen LogP contribution in [-0.4, -0.2) is 42.3 Å². The summed E-state index contributed by atoms with van der Waals surface area (Å²) in [5, 5.41) is 8.49. The van der Waals surface area contributed by atoms with Gasteiger partial charge in [-0.15, -0.1) is 11.3 Å². The molecular weight excluding hydrogens is 416 g/mol. The highest BCUT2D eigenvalue weighted by molar-refractivity contribution is 7.19. The van der Waals surface area contributed by atoms with Gasteiger partial charge in [0, 0.05) is 24.0 Å². The third kappa shape index (κ3) is 6.52. The lowest BCUT2D eigenvalue weighted by Gasteiger charge is -2.23. The van der Waals surface area contributed by atoms with Crippen LogP contribution in [0, 0.1) is 0 Å². The number of ether oxygens (including phenoxy) is 1. The average molecular weight is 453 g/mol. The maximum Gasteiger partial charge on any atom is 0.225 e. The fourth-order valence-corrected chi connectivity index (χ4v) is 5.85. The largest absolute Gasteiger partial charge is 0.379 e. The lowest BCUT2D eigenvalue weighted by Crippen LogP contribution is -2.30. The highest BCUT2D eigenvalue weighted by Crippen LogP contribution is 2.39. The topological polar surface area (TPSA) is 59.1 Å². The predicted octanol–water partition coefficient (Wildman–Crippen LogP) is 5.99. The van der Waals surface area contributed by atoms with Crippen molar-refractivity contribution < 1.29 is 4.74 Å². The number of morpholine rings is 1. The van der Waals surface area contributed by atoms with Crippen LogP contribution < -0.4 is 10.6 Å². The zero-order valence-corrected chi connectivity index (χ0v) is 20.1. The molecule has 168 valence electrons. The Labute approximate surface area is 190 Å². The van der Waals surface area contributed by atoms with Gasteiger partial charge in [-0.05, 0) is 55.7 Å². The molecule has 3 aliphatic rings. The van der Waals surface area contributed by atoms with Crippen LogP contribution in [0.4, 0.5) is 5.82 Å². The first kappa shape index (κ1) is 23.7. The van der Waals surface area contributed by atoms with Crippen LogP contribution in [0.3, 0.4) is 0 Å². The van der Waals surface area contributed by atoms with E-state index in [0.717, 1.165) is 37.0 Å². The molecule has 3 heterocycles. The first-order chi connectivity index (χ1) is 14.8. The Bertz CT molecular complexity index is 761. The molecule has 0 unspecified atom stereocenters. The molecule has 1 saturated heterocycles. The molecule has 1 aliphatic heterocycles. The molecule has 0 radical (unpaired) electrons. The van der Waals surface area contributed by atoms with Gasteiger partial charge in [0.05, 0.1) is 18.6 Å². The van der Waals surface area contributed by atoms with Gasteiger partial charge in [-0.1, -0.05) is 39.5 Å². The Morgan fingerprint density at radius 2 is 1.67 bits per heavy atom. The van der Waals surface area contributed by atoms with Gasteiger partial charge < -0.3 is 15.4 Å². The first-order valence-corrected chi connectivity index (χ1v) is 13.0. The monoisotopic (exact) mass is 452 g/mol. The van der Waals surface area contributed by atoms with Crippen molar-refractivity contribution in [1.82, 2.24) is 15.3 Å². The Hall–Kier alpha value is -0.950. The van der Waals surface area contributed by atoms with E-state index in [1.807, 2.05) is 25.2 Å². The van der Waals surface area contributed by atoms with E-state index in [1.54, 1.807) is 0 Å². The van der Waals surface area contributed by atoms with Gasteiger partial charge in [-0.25, -0.2) is 9.97 Å². The number of hydrogen-bond acceptors (Lipinski definition) is 6. The Morgan fingerprint density at radius 1 is 0.967 bits per heavy atom. The number of aromatic nitrogens is 2. The second-order valence-electron chi connectivity index (χ2n) is 7.93. The van der Waals surface area contributed by atoms with E-state index in [9.17, 15) is 0 Å². The van der Waals surface area contributed by atoms with Crippen LogP contribution in [0.5, 0.6) is 0 Å². The van der Waals surface area contributed by atoms with Crippen molar-refractivity contribution in [3.63, 3.8) is 0 Å². The third-order valence-electron chi connectivity index (χ3n) is 5.83. The summed E-state index contributed by atoms with van der Waals surface area (Å²) < 4.78 is 5.01. The minimum Gasteiger partial charge on any atom is -0.379 e. The fraction of sp³-hybridized carbons (Fsp3) is 0.739. The van der Waals surface area contributed by atoms with Crippen LogP contribution in [0.1, 0.15) is 75.7 Å². The normalized spacial score (nSPS) is 19.6. The van der Waals surface area contributed by atoms with E-state index in [4.69, 9.17) is 16.3 Å². The first-order valence-electron chi connectivity index (χ1n) is 11.8. The van der Waals surface area contributed by atoms with Gasteiger partial charge in [-0.3, -0.25) is 0 Å². The van der Waals surface area contributed by atoms with E-state index in [0.29, 0.717) is 11.3 Å². The van der Waals surface area contributed by atoms with Crippen LogP contribution in [0.15, 0.2) is 0 Å². The highest BCUT2D eigenvalue weighted by Gasteiger charge is 2.22. The third-order valence-corrected chi connectivity index (χ3v) is 7.18. The molecule has 0 spiro atoms. The lowest BCUT2D eigenvalue weighted by atomic mass is 9.95. The van der Waals surface area contributed by atoms with Crippen molar-refractivity contribution in [3.05, 3.63) is 15.7 Å². The number of fused-ring (bicyclic) bond motifs is 3. The van der Waals surface area contributed by atoms with Gasteiger partial charge in [-0.2, -0.15) is 0 Å². The molecule has 30 heavy (non-hydrogen) atoms. The molecule has 0 amide bonds. The van der Waals surface area contributed by atoms with E-state index in [2.05, 4.69) is 20.6 Å². The summed E-state index contributed by atoms with van der Waals surface area (Å²) in [6.07, 6.45) is 12.8. The summed E-state index contributed by atoms with van der Waals surface area (Å²) in [6.45, 7) is 7.83. The van der Waals surface area contributed by atoms with E-state index in [-0.39, 0.29) is 0 Å². The maximum absolute atomic E-state index is 6.18. The molecule has 0 bridgehead atoms. The number of thiophene rings is 1. The molecular formula is C23H37ClN4OS. The van der Waals surface area contributed by atoms with Crippen molar-refractivity contribution in [2.24, 2.45) is 0 Å². The van der Waals surface area contributed by atoms with E-state index >= 15 is 0 Å². The molecule has 2 N–H and O–H groups in total. The number of nitrogens with zero attached hydrogens (tertiary/aromatic N) is 2. The zero-order valence-electron chi connectivity index (χ0n) is 18.6. The number of anilines is 1. The van der Waals surface area contributed by atoms with E-state index < -0.39 is 0 Å². The molecule has 2 fully saturated rings. The van der Waals surface area contributed by atoms with E-state index in [1.165, 1.54) is 80.0 Å². The molecule has 1 saturated carbocycles. The van der Waals surface area contributed by atoms with Gasteiger partial charge in [0.15, 0.2) is 0 Å². The Balaban J connectivity index is 0.000000273. The Morgan fingerprint density at radius 3 is 2.33 bits per heavy atom. The smallest absolute Gasteiger partial charge is 0.225 e. The standard InChI is InChI=1S/C17H22ClN3S.C4H9NO.C2H6/c18-17-20-15(19-11-7-3-1-4-8-11)14-12-9-5-2-6-10-13(12)22-16(14)21-17;1-3-6-4-2-5-1;1-2/h11H,1-10H2,(H,19,20,21);5H,1-4H2;1-2H3. The second kappa shape index (κ2) is 12.8. The minimum atomic E-state index is 0.377. The molecule has 2 aromatic rings. The second-order valence-corrected chi connectivity index (χ2v) is 9.35. The number of halogens is 1. The fourth-order valence-electron chi connectivity index (χ4n) is 4.37. The average Bonchev–Trinajstić information content (AvgIpc) is 2.98. The highest BCUT2D eigenvalue weighted by atomic mass is 35.5. The molecule has 5 nitrogen and oxygen atoms in total. The predicted molar refractivity (Wildman–Crippen MR) is 129 cm³/mol. The van der Waals surface area contributed by atoms with Gasteiger partial charge in [0.2, 0.25) is 5.28 Å². The number of aryl methyl sites for hydroxylation is 2. The van der Waals surface area contributed by atoms with Crippen molar-refractivity contribution in [3.8, 4) is 0 Å². The number of rotatable bonds is 2. The van der Waals surface area contributed by atoms with Gasteiger partial charge >= 0.3 is 0 Å². The number of hydrogen-bond donors (Lipinski definition) is 2. The quantitative estimate of drug-likeness (QED) is 0.432. The van der Waals surface area contributed by atoms with Crippen LogP contribution >= 0.6 is 22.9 Å². The molecule has 7 heteroatoms. The minimum absolute atomic E-state index is 0.377. The van der Waals surface area contributed by atoms with Crippen LogP contribution in [-0.2, 0) is 17.6 Å². The molecule has 2 aromatic heterocycles. The van der Waals surface area contributed by atoms with Crippen molar-refractivity contribution in [2.75, 3.05) is 31.6 Å². The zero-order chi connectivity index (χ0) is 21.2. The van der Waals surface area contributed by atoms with Crippen molar-refractivity contribution in [1.29, 1.82) is 0 Å². The lowest BCUT2D eigenvalue weighted by molar-refractivity contribution is 0.109. The molecule has 5 rings (SSSR count). The summed E-state index contributed by atoms with van der Waals surface area (Å²) in [4.78, 5) is 11.6.